The van der Waals surface area contributed by atoms with Gasteiger partial charge in [0.05, 0.1) is 51.0 Å². The number of unbranched alkanes of at least 4 members (excludes halogenated alkanes) is 2. The maximum Gasteiger partial charge on any atom is 0.354 e. The summed E-state index contributed by atoms with van der Waals surface area (Å²) in [6.45, 7) is 11.0. The van der Waals surface area contributed by atoms with Crippen molar-refractivity contribution in [1.29, 1.82) is 5.26 Å². The van der Waals surface area contributed by atoms with Crippen LogP contribution in [0.4, 0.5) is 0 Å². The Balaban J connectivity index is 2.41. The molecule has 15 heteroatoms. The number of hydrogen-bond acceptors (Lipinski definition) is 13. The highest BCUT2D eigenvalue weighted by Crippen LogP contribution is 2.10. The molecular weight excluding hydrogens is 671 g/mol. The second kappa shape index (κ2) is 30.1. The summed E-state index contributed by atoms with van der Waals surface area (Å²) in [6.07, 6.45) is 7.31. The van der Waals surface area contributed by atoms with E-state index in [9.17, 15) is 24.9 Å². The summed E-state index contributed by atoms with van der Waals surface area (Å²) in [4.78, 5) is 35.1. The summed E-state index contributed by atoms with van der Waals surface area (Å²) < 4.78 is 17.4. The second-order valence-electron chi connectivity index (χ2n) is 10.7. The van der Waals surface area contributed by atoms with Gasteiger partial charge in [-0.1, -0.05) is 25.1 Å². The lowest BCUT2D eigenvalue weighted by molar-refractivity contribution is -0.129. The molecule has 0 amide bonds. The SMILES string of the molecule is C=CC(=N/C(=C\C)CN(CCO)CCOCCOCCN(CCOCCCSCCCCCSC#N)Cc1cccc(C(=O)O)n1)C(=O)O. The number of carbonyl (C=O) groups is 2. The molecule has 0 saturated carbocycles. The number of nitriles is 1. The van der Waals surface area contributed by atoms with E-state index in [1.54, 1.807) is 19.1 Å². The molecule has 0 radical (unpaired) electrons. The van der Waals surface area contributed by atoms with Crippen LogP contribution in [0.5, 0.6) is 0 Å². The van der Waals surface area contributed by atoms with Gasteiger partial charge < -0.3 is 29.5 Å². The van der Waals surface area contributed by atoms with Crippen molar-refractivity contribution < 1.29 is 39.1 Å². The van der Waals surface area contributed by atoms with E-state index in [-0.39, 0.29) is 18.0 Å². The van der Waals surface area contributed by atoms with Crippen LogP contribution in [0.25, 0.3) is 0 Å². The van der Waals surface area contributed by atoms with Crippen LogP contribution in [0, 0.1) is 10.7 Å². The van der Waals surface area contributed by atoms with Crippen LogP contribution in [0.1, 0.15) is 48.8 Å². The van der Waals surface area contributed by atoms with Crippen molar-refractivity contribution in [2.45, 2.75) is 39.2 Å². The Morgan fingerprint density at radius 2 is 1.59 bits per heavy atom. The van der Waals surface area contributed by atoms with E-state index < -0.39 is 11.9 Å². The summed E-state index contributed by atoms with van der Waals surface area (Å²) in [5.41, 5.74) is 1.08. The Labute approximate surface area is 299 Å². The molecule has 49 heavy (non-hydrogen) atoms. The number of aromatic nitrogens is 1. The van der Waals surface area contributed by atoms with Crippen molar-refractivity contribution in [2.75, 3.05) is 96.2 Å². The number of rotatable bonds is 32. The molecule has 0 aromatic carbocycles. The van der Waals surface area contributed by atoms with Gasteiger partial charge in [-0.25, -0.2) is 19.6 Å². The maximum absolute atomic E-state index is 11.4. The van der Waals surface area contributed by atoms with Crippen LogP contribution in [0.2, 0.25) is 0 Å². The lowest BCUT2D eigenvalue weighted by Crippen LogP contribution is -2.33. The molecule has 13 nitrogen and oxygen atoms in total. The standard InChI is InChI=1S/C34H53N5O8S2/c1-3-29(36-31(4-2)33(41)42)26-38(12-16-40)13-19-46-21-22-47-20-15-39(27-30-10-8-11-32(37-30)34(43)44)14-18-45-17-9-25-48-23-6-5-7-24-49-28-35/h3-4,8,10-11,40H,2,5-7,9,12-27H2,1H3,(H,41,42)(H,43,44)/b29-3-,36-31?. The number of thiocyanates is 1. The lowest BCUT2D eigenvalue weighted by atomic mass is 10.3. The van der Waals surface area contributed by atoms with Gasteiger partial charge in [-0.05, 0) is 67.7 Å². The van der Waals surface area contributed by atoms with Crippen molar-refractivity contribution in [3.8, 4) is 5.40 Å². The molecular formula is C34H53N5O8S2. The average molecular weight is 724 g/mol. The van der Waals surface area contributed by atoms with E-state index in [2.05, 4.69) is 26.9 Å². The molecule has 0 aliphatic heterocycles. The first-order valence-corrected chi connectivity index (χ1v) is 18.6. The van der Waals surface area contributed by atoms with Gasteiger partial charge in [0.15, 0.2) is 0 Å². The Bertz CT molecular complexity index is 1180. The Kier molecular flexibility index (Phi) is 27.1. The number of aliphatic carboxylic acids is 1. The van der Waals surface area contributed by atoms with Gasteiger partial charge in [0, 0.05) is 51.6 Å². The highest BCUT2D eigenvalue weighted by Gasteiger charge is 2.12. The first-order chi connectivity index (χ1) is 23.8. The fraction of sp³-hybridized carbons (Fsp3) is 0.618. The first kappa shape index (κ1) is 44.2. The quantitative estimate of drug-likeness (QED) is 0.0551. The zero-order valence-electron chi connectivity index (χ0n) is 28.7. The summed E-state index contributed by atoms with van der Waals surface area (Å²) in [7, 11) is 0. The van der Waals surface area contributed by atoms with E-state index in [0.717, 1.165) is 36.5 Å². The van der Waals surface area contributed by atoms with Crippen molar-refractivity contribution in [3.05, 3.63) is 54.0 Å². The number of aliphatic imine (C=N–C) groups is 1. The number of pyridine rings is 1. The third-order valence-electron chi connectivity index (χ3n) is 6.93. The monoisotopic (exact) mass is 723 g/mol. The van der Waals surface area contributed by atoms with Crippen LogP contribution in [-0.4, -0.2) is 144 Å². The third kappa shape index (κ3) is 23.3. The van der Waals surface area contributed by atoms with Crippen molar-refractivity contribution in [1.82, 2.24) is 14.8 Å². The number of ether oxygens (including phenoxy) is 3. The maximum atomic E-state index is 11.4. The smallest absolute Gasteiger partial charge is 0.354 e. The van der Waals surface area contributed by atoms with Gasteiger partial charge in [-0.3, -0.25) is 9.80 Å². The minimum Gasteiger partial charge on any atom is -0.477 e. The number of aliphatic hydroxyl groups is 1. The van der Waals surface area contributed by atoms with Crippen LogP contribution in [0.15, 0.2) is 47.6 Å². The van der Waals surface area contributed by atoms with Gasteiger partial charge in [-0.2, -0.15) is 17.0 Å². The second-order valence-corrected chi connectivity index (χ2v) is 12.8. The Hall–Kier alpha value is -2.81. The van der Waals surface area contributed by atoms with E-state index in [1.807, 2.05) is 22.7 Å². The van der Waals surface area contributed by atoms with E-state index in [0.29, 0.717) is 90.3 Å². The van der Waals surface area contributed by atoms with E-state index in [4.69, 9.17) is 19.5 Å². The zero-order chi connectivity index (χ0) is 36.0. The van der Waals surface area contributed by atoms with Gasteiger partial charge in [0.1, 0.15) is 16.8 Å². The minimum atomic E-state index is -1.15. The van der Waals surface area contributed by atoms with Crippen molar-refractivity contribution in [3.63, 3.8) is 0 Å². The fourth-order valence-electron chi connectivity index (χ4n) is 4.32. The molecule has 3 N–H and O–H groups in total. The molecule has 0 atom stereocenters. The molecule has 0 unspecified atom stereocenters. The number of carboxylic acid groups (broad SMARTS) is 2. The first-order valence-electron chi connectivity index (χ1n) is 16.5. The van der Waals surface area contributed by atoms with E-state index in [1.165, 1.54) is 30.3 Å². The molecule has 0 saturated heterocycles. The number of carboxylic acids is 2. The highest BCUT2D eigenvalue weighted by atomic mass is 32.2. The summed E-state index contributed by atoms with van der Waals surface area (Å²) in [6, 6.07) is 4.98. The van der Waals surface area contributed by atoms with Crippen LogP contribution >= 0.6 is 23.5 Å². The molecule has 0 fully saturated rings. The average Bonchev–Trinajstić information content (AvgIpc) is 3.09. The van der Waals surface area contributed by atoms with Crippen molar-refractivity contribution in [2.24, 2.45) is 4.99 Å². The number of nitrogens with zero attached hydrogens (tertiary/aromatic N) is 5. The van der Waals surface area contributed by atoms with Crippen LogP contribution < -0.4 is 0 Å². The number of thioether (sulfide) groups is 2. The third-order valence-corrected chi connectivity index (χ3v) is 8.70. The molecule has 1 aromatic heterocycles. The predicted molar refractivity (Wildman–Crippen MR) is 195 cm³/mol. The fourth-order valence-corrected chi connectivity index (χ4v) is 5.70. The summed E-state index contributed by atoms with van der Waals surface area (Å²) >= 11 is 3.25. The summed E-state index contributed by atoms with van der Waals surface area (Å²) in [5, 5.41) is 38.6. The topological polar surface area (TPSA) is 178 Å². The predicted octanol–water partition coefficient (Wildman–Crippen LogP) is 4.05. The highest BCUT2D eigenvalue weighted by molar-refractivity contribution is 8.03. The Morgan fingerprint density at radius 1 is 0.939 bits per heavy atom. The Morgan fingerprint density at radius 3 is 2.20 bits per heavy atom. The molecule has 1 aromatic rings. The van der Waals surface area contributed by atoms with Gasteiger partial charge in [0.2, 0.25) is 0 Å². The van der Waals surface area contributed by atoms with Gasteiger partial charge in [-0.15, -0.1) is 0 Å². The lowest BCUT2D eigenvalue weighted by Gasteiger charge is -2.22. The van der Waals surface area contributed by atoms with Crippen molar-refractivity contribution >= 4 is 41.2 Å². The number of aromatic carboxylic acids is 1. The molecule has 0 aliphatic rings. The normalized spacial score (nSPS) is 12.1. The number of hydrogen-bond donors (Lipinski definition) is 3. The number of aliphatic hydroxyl groups excluding tert-OH is 1. The minimum absolute atomic E-state index is 0.00894. The molecule has 1 rings (SSSR count). The largest absolute Gasteiger partial charge is 0.477 e. The van der Waals surface area contributed by atoms with Gasteiger partial charge >= 0.3 is 11.9 Å². The zero-order valence-corrected chi connectivity index (χ0v) is 30.3. The molecule has 0 spiro atoms. The molecule has 1 heterocycles. The molecule has 0 bridgehead atoms. The molecule has 0 aliphatic carbocycles. The van der Waals surface area contributed by atoms with E-state index >= 15 is 0 Å². The number of allylic oxidation sites excluding steroid dienone is 1. The van der Waals surface area contributed by atoms with Crippen LogP contribution in [-0.2, 0) is 25.5 Å². The van der Waals surface area contributed by atoms with Gasteiger partial charge in [0.25, 0.3) is 0 Å². The summed E-state index contributed by atoms with van der Waals surface area (Å²) in [5.74, 6) is 0.867. The van der Waals surface area contributed by atoms with Crippen LogP contribution in [0.3, 0.4) is 0 Å². The molecule has 274 valence electrons.